The lowest BCUT2D eigenvalue weighted by atomic mass is 10.1. The van der Waals surface area contributed by atoms with E-state index in [-0.39, 0.29) is 27.1 Å². The van der Waals surface area contributed by atoms with Crippen molar-refractivity contribution in [2.24, 2.45) is 10.9 Å². The summed E-state index contributed by atoms with van der Waals surface area (Å²) >= 11 is 0.834. The zero-order valence-corrected chi connectivity index (χ0v) is 17.2. The molecule has 0 spiro atoms. The highest BCUT2D eigenvalue weighted by atomic mass is 32.1. The molecular formula is C18H24N5O4S-. The van der Waals surface area contributed by atoms with Crippen LogP contribution in [0.1, 0.15) is 32.7 Å². The van der Waals surface area contributed by atoms with Crippen molar-refractivity contribution < 1.29 is 9.84 Å². The Kier molecular flexibility index (Phi) is 5.55. The molecule has 3 rings (SSSR count). The maximum Gasteiger partial charge on any atom is 0.309 e. The summed E-state index contributed by atoms with van der Waals surface area (Å²) in [5.41, 5.74) is -0.159. The fraction of sp³-hybridized carbons (Fsp3) is 0.556. The molecule has 3 atom stereocenters. The van der Waals surface area contributed by atoms with Gasteiger partial charge in [0, 0.05) is 14.1 Å². The molecule has 1 fully saturated rings. The van der Waals surface area contributed by atoms with E-state index in [9.17, 15) is 14.7 Å². The average molecular weight is 406 g/mol. The summed E-state index contributed by atoms with van der Waals surface area (Å²) in [5, 5.41) is 12.1. The predicted octanol–water partition coefficient (Wildman–Crippen LogP) is 0.986. The number of fused-ring (bicyclic) bond motifs is 1. The van der Waals surface area contributed by atoms with Crippen LogP contribution in [-0.2, 0) is 4.74 Å². The van der Waals surface area contributed by atoms with E-state index >= 15 is 0 Å². The molecule has 9 nitrogen and oxygen atoms in total. The third-order valence-electron chi connectivity index (χ3n) is 4.48. The number of nitrogens with zero attached hydrogens (tertiary/aromatic N) is 4. The first kappa shape index (κ1) is 20.4. The fourth-order valence-electron chi connectivity index (χ4n) is 3.41. The Balaban J connectivity index is 2.12. The third-order valence-corrected chi connectivity index (χ3v) is 5.42. The summed E-state index contributed by atoms with van der Waals surface area (Å²) in [7, 11) is 3.59. The van der Waals surface area contributed by atoms with Crippen LogP contribution in [0.5, 0.6) is 0 Å². The number of nitrogens with one attached hydrogen (secondary N) is 1. The van der Waals surface area contributed by atoms with Crippen LogP contribution in [-0.4, -0.2) is 51.8 Å². The SMILES string of the molecule is C=C[C@H]1C[C@@H](n2c(=O)sc3c(=O)[nH]c(/N=C/N(C)C)nc32)[C@H](OC(C)(C)[O-])C1. The van der Waals surface area contributed by atoms with Gasteiger partial charge in [0.05, 0.1) is 18.5 Å². The van der Waals surface area contributed by atoms with E-state index in [1.54, 1.807) is 25.1 Å². The quantitative estimate of drug-likeness (QED) is 0.331. The van der Waals surface area contributed by atoms with E-state index in [2.05, 4.69) is 21.5 Å². The molecule has 1 saturated carbocycles. The Bertz CT molecular complexity index is 1010. The maximum atomic E-state index is 12.7. The number of hydrogen-bond donors (Lipinski definition) is 1. The summed E-state index contributed by atoms with van der Waals surface area (Å²) in [6, 6.07) is -0.405. The van der Waals surface area contributed by atoms with Gasteiger partial charge in [-0.2, -0.15) is 4.98 Å². The minimum absolute atomic E-state index is 0.104. The van der Waals surface area contributed by atoms with Gasteiger partial charge in [-0.05, 0) is 24.5 Å². The molecular weight excluding hydrogens is 382 g/mol. The molecule has 1 aliphatic rings. The predicted molar refractivity (Wildman–Crippen MR) is 107 cm³/mol. The fourth-order valence-corrected chi connectivity index (χ4v) is 4.28. The van der Waals surface area contributed by atoms with E-state index in [1.807, 2.05) is 0 Å². The molecule has 2 aromatic rings. The van der Waals surface area contributed by atoms with Crippen molar-refractivity contribution in [1.82, 2.24) is 19.4 Å². The van der Waals surface area contributed by atoms with E-state index in [0.29, 0.717) is 12.8 Å². The normalized spacial score (nSPS) is 23.0. The van der Waals surface area contributed by atoms with Gasteiger partial charge in [0.1, 0.15) is 4.70 Å². The van der Waals surface area contributed by atoms with Crippen LogP contribution in [0.15, 0.2) is 27.2 Å². The number of H-pyrrole nitrogens is 1. The molecule has 152 valence electrons. The van der Waals surface area contributed by atoms with Gasteiger partial charge in [-0.1, -0.05) is 31.3 Å². The zero-order chi connectivity index (χ0) is 20.6. The molecule has 1 aliphatic carbocycles. The molecule has 0 unspecified atom stereocenters. The standard InChI is InChI=1S/C18H24N5O4S/c1-6-10-7-11(12(8-10)27-18(2,3)26)23-14-13(28-17(23)25)15(24)21-16(20-14)19-9-22(4)5/h6,9-12H,1,7-8H2,2-5H3,(H,20,21,24)/q-1/b19-9+/t10-,11+,12+/m0/s1. The van der Waals surface area contributed by atoms with Crippen molar-refractivity contribution in [3.05, 3.63) is 32.7 Å². The number of hydrogen-bond acceptors (Lipinski definition) is 7. The number of aromatic amines is 1. The summed E-state index contributed by atoms with van der Waals surface area (Å²) in [6.07, 6.45) is 4.01. The van der Waals surface area contributed by atoms with Gasteiger partial charge in [0.15, 0.2) is 5.65 Å². The summed E-state index contributed by atoms with van der Waals surface area (Å²) in [5.74, 6) is -1.38. The molecule has 2 aromatic heterocycles. The van der Waals surface area contributed by atoms with Crippen molar-refractivity contribution in [2.75, 3.05) is 14.1 Å². The number of thiazole rings is 1. The van der Waals surface area contributed by atoms with Crippen molar-refractivity contribution in [1.29, 1.82) is 0 Å². The first-order valence-electron chi connectivity index (χ1n) is 8.96. The van der Waals surface area contributed by atoms with Crippen molar-refractivity contribution in [3.63, 3.8) is 0 Å². The summed E-state index contributed by atoms with van der Waals surface area (Å²) < 4.78 is 7.41. The van der Waals surface area contributed by atoms with Crippen LogP contribution in [0.3, 0.4) is 0 Å². The first-order valence-corrected chi connectivity index (χ1v) is 9.77. The lowest BCUT2D eigenvalue weighted by molar-refractivity contribution is -0.549. The minimum Gasteiger partial charge on any atom is -0.829 e. The highest BCUT2D eigenvalue weighted by molar-refractivity contribution is 7.16. The number of ether oxygens (including phenoxy) is 1. The topological polar surface area (TPSA) is 116 Å². The van der Waals surface area contributed by atoms with Crippen molar-refractivity contribution >= 4 is 34.0 Å². The molecule has 10 heteroatoms. The largest absolute Gasteiger partial charge is 0.829 e. The second-order valence-corrected chi connectivity index (χ2v) is 8.54. The Morgan fingerprint density at radius 1 is 1.43 bits per heavy atom. The Labute approximate surface area is 166 Å². The van der Waals surface area contributed by atoms with Gasteiger partial charge in [-0.15, -0.1) is 6.58 Å². The maximum absolute atomic E-state index is 12.7. The molecule has 0 amide bonds. The lowest BCUT2D eigenvalue weighted by Gasteiger charge is -2.37. The van der Waals surface area contributed by atoms with Crippen LogP contribution < -0.4 is 15.5 Å². The van der Waals surface area contributed by atoms with Gasteiger partial charge in [-0.25, -0.2) is 4.99 Å². The molecule has 0 aliphatic heterocycles. The number of aliphatic imine (C=N–C) groups is 1. The number of allylic oxidation sites excluding steroid dienone is 1. The van der Waals surface area contributed by atoms with Gasteiger partial charge in [0.2, 0.25) is 5.95 Å². The van der Waals surface area contributed by atoms with E-state index < -0.39 is 23.5 Å². The second kappa shape index (κ2) is 7.61. The summed E-state index contributed by atoms with van der Waals surface area (Å²) in [4.78, 5) is 37.7. The third kappa shape index (κ3) is 4.23. The molecule has 28 heavy (non-hydrogen) atoms. The highest BCUT2D eigenvalue weighted by Crippen LogP contribution is 2.39. The van der Waals surface area contributed by atoms with Crippen LogP contribution in [0.4, 0.5) is 5.95 Å². The Morgan fingerprint density at radius 3 is 2.75 bits per heavy atom. The number of rotatable bonds is 6. The smallest absolute Gasteiger partial charge is 0.309 e. The lowest BCUT2D eigenvalue weighted by Crippen LogP contribution is -2.44. The monoisotopic (exact) mass is 406 g/mol. The molecule has 0 aromatic carbocycles. The molecule has 0 bridgehead atoms. The van der Waals surface area contributed by atoms with E-state index in [0.717, 1.165) is 11.3 Å². The first-order chi connectivity index (χ1) is 13.1. The van der Waals surface area contributed by atoms with Gasteiger partial charge >= 0.3 is 4.87 Å². The highest BCUT2D eigenvalue weighted by Gasteiger charge is 2.38. The van der Waals surface area contributed by atoms with Crippen molar-refractivity contribution in [2.45, 2.75) is 44.6 Å². The van der Waals surface area contributed by atoms with E-state index in [4.69, 9.17) is 4.74 Å². The molecule has 0 saturated heterocycles. The number of aromatic nitrogens is 3. The molecule has 2 heterocycles. The van der Waals surface area contributed by atoms with Crippen LogP contribution in [0.2, 0.25) is 0 Å². The zero-order valence-electron chi connectivity index (χ0n) is 16.3. The minimum atomic E-state index is -1.60. The molecule has 0 radical (unpaired) electrons. The summed E-state index contributed by atoms with van der Waals surface area (Å²) in [6.45, 7) is 6.71. The van der Waals surface area contributed by atoms with Crippen LogP contribution in [0.25, 0.3) is 10.3 Å². The van der Waals surface area contributed by atoms with Gasteiger partial charge in [-0.3, -0.25) is 19.1 Å². The Morgan fingerprint density at radius 2 is 2.14 bits per heavy atom. The van der Waals surface area contributed by atoms with Gasteiger partial charge < -0.3 is 14.7 Å². The Hall–Kier alpha value is -2.30. The van der Waals surface area contributed by atoms with Gasteiger partial charge in [0.25, 0.3) is 5.56 Å². The van der Waals surface area contributed by atoms with Crippen LogP contribution >= 0.6 is 11.3 Å². The van der Waals surface area contributed by atoms with E-state index in [1.165, 1.54) is 24.8 Å². The molecule has 1 N–H and O–H groups in total. The average Bonchev–Trinajstić information content (AvgIpc) is 3.11. The van der Waals surface area contributed by atoms with Crippen LogP contribution in [0, 0.1) is 5.92 Å². The second-order valence-electron chi connectivity index (χ2n) is 7.58. The van der Waals surface area contributed by atoms with Crippen molar-refractivity contribution in [3.8, 4) is 0 Å².